The van der Waals surface area contributed by atoms with Crippen molar-refractivity contribution >= 4 is 21.9 Å². The highest BCUT2D eigenvalue weighted by Crippen LogP contribution is 2.28. The van der Waals surface area contributed by atoms with E-state index < -0.39 is 5.97 Å². The number of carbonyl (C=O) groups is 1. The number of nitrogens with zero attached hydrogens (tertiary/aromatic N) is 1. The molecule has 2 aromatic heterocycles. The Kier molecular flexibility index (Phi) is 2.36. The molecule has 5 nitrogen and oxygen atoms in total. The molecule has 1 N–H and O–H groups in total. The average molecular weight is 272 g/mol. The lowest BCUT2D eigenvalue weighted by Crippen LogP contribution is -1.95. The summed E-state index contributed by atoms with van der Waals surface area (Å²) in [6, 6.07) is 1.67. The molecule has 0 bridgehead atoms. The second kappa shape index (κ2) is 3.54. The lowest BCUT2D eigenvalue weighted by atomic mass is 10.2. The molecule has 0 atom stereocenters. The molecule has 78 valence electrons. The van der Waals surface area contributed by atoms with Crippen molar-refractivity contribution < 1.29 is 18.7 Å². The number of aromatic carboxylic acids is 1. The number of hydrogen-bond acceptors (Lipinski definition) is 4. The van der Waals surface area contributed by atoms with Crippen molar-refractivity contribution in [1.29, 1.82) is 0 Å². The van der Waals surface area contributed by atoms with Gasteiger partial charge in [0.2, 0.25) is 5.89 Å². The third-order valence-corrected chi connectivity index (χ3v) is 2.23. The zero-order valence-corrected chi connectivity index (χ0v) is 9.24. The summed E-state index contributed by atoms with van der Waals surface area (Å²) < 4.78 is 10.8. The van der Waals surface area contributed by atoms with Crippen molar-refractivity contribution in [2.45, 2.75) is 6.92 Å². The normalized spacial score (nSPS) is 10.5. The van der Waals surface area contributed by atoms with Crippen molar-refractivity contribution in [2.75, 3.05) is 0 Å². The zero-order valence-electron chi connectivity index (χ0n) is 7.65. The molecule has 2 heterocycles. The molecule has 0 unspecified atom stereocenters. The van der Waals surface area contributed by atoms with Crippen LogP contribution in [0.4, 0.5) is 0 Å². The molecule has 0 aliphatic carbocycles. The minimum Gasteiger partial charge on any atom is -0.476 e. The molecule has 2 aromatic rings. The molecule has 2 rings (SSSR count). The Hall–Kier alpha value is -1.56. The van der Waals surface area contributed by atoms with Crippen molar-refractivity contribution in [2.24, 2.45) is 0 Å². The molecule has 15 heavy (non-hydrogen) atoms. The van der Waals surface area contributed by atoms with E-state index in [1.54, 1.807) is 13.0 Å². The zero-order chi connectivity index (χ0) is 11.0. The van der Waals surface area contributed by atoms with Gasteiger partial charge in [-0.05, 0) is 22.9 Å². The van der Waals surface area contributed by atoms with E-state index in [-0.39, 0.29) is 11.6 Å². The topological polar surface area (TPSA) is 76.5 Å². The fraction of sp³-hybridized carbons (Fsp3) is 0.111. The van der Waals surface area contributed by atoms with Gasteiger partial charge in [0, 0.05) is 6.07 Å². The number of halogens is 1. The quantitative estimate of drug-likeness (QED) is 0.909. The summed E-state index contributed by atoms with van der Waals surface area (Å²) in [4.78, 5) is 14.4. The second-order valence-corrected chi connectivity index (χ2v) is 3.65. The fourth-order valence-corrected chi connectivity index (χ4v) is 1.63. The van der Waals surface area contributed by atoms with Gasteiger partial charge in [0.05, 0.1) is 5.56 Å². The van der Waals surface area contributed by atoms with Gasteiger partial charge in [-0.3, -0.25) is 0 Å². The largest absolute Gasteiger partial charge is 0.476 e. The van der Waals surface area contributed by atoms with Crippen LogP contribution >= 0.6 is 15.9 Å². The van der Waals surface area contributed by atoms with Gasteiger partial charge < -0.3 is 13.9 Å². The second-order valence-electron chi connectivity index (χ2n) is 2.86. The number of carboxylic acids is 1. The predicted molar refractivity (Wildman–Crippen MR) is 53.6 cm³/mol. The maximum atomic E-state index is 10.6. The van der Waals surface area contributed by atoms with E-state index in [9.17, 15) is 4.79 Å². The summed E-state index contributed by atoms with van der Waals surface area (Å²) in [5, 5.41) is 8.66. The Morgan fingerprint density at radius 3 is 2.80 bits per heavy atom. The summed E-state index contributed by atoms with van der Waals surface area (Å²) in [7, 11) is 0. The molecule has 0 spiro atoms. The van der Waals surface area contributed by atoms with Crippen LogP contribution in [0.1, 0.15) is 16.2 Å². The SMILES string of the molecule is Cc1oc(Br)cc1-c1nc(C(=O)O)co1. The first-order valence-corrected chi connectivity index (χ1v) is 4.82. The first kappa shape index (κ1) is 9.97. The molecule has 0 amide bonds. The van der Waals surface area contributed by atoms with Crippen LogP contribution in [0.15, 0.2) is 25.8 Å². The molecular weight excluding hydrogens is 266 g/mol. The Morgan fingerprint density at radius 1 is 1.60 bits per heavy atom. The third kappa shape index (κ3) is 1.80. The number of carboxylic acid groups (broad SMARTS) is 1. The molecule has 0 radical (unpaired) electrons. The van der Waals surface area contributed by atoms with Gasteiger partial charge in [-0.1, -0.05) is 0 Å². The molecule has 6 heteroatoms. The summed E-state index contributed by atoms with van der Waals surface area (Å²) in [6.07, 6.45) is 1.10. The highest BCUT2D eigenvalue weighted by molar-refractivity contribution is 9.10. The van der Waals surface area contributed by atoms with Crippen molar-refractivity contribution in [3.05, 3.63) is 28.5 Å². The standard InChI is InChI=1S/C9H6BrNO4/c1-4-5(2-7(10)15-4)8-11-6(3-14-8)9(12)13/h2-3H,1H3,(H,12,13). The third-order valence-electron chi connectivity index (χ3n) is 1.84. The maximum absolute atomic E-state index is 10.6. The Balaban J connectivity index is 2.45. The Bertz CT molecular complexity index is 514. The number of aromatic nitrogens is 1. The van der Waals surface area contributed by atoms with E-state index in [2.05, 4.69) is 20.9 Å². The summed E-state index contributed by atoms with van der Waals surface area (Å²) in [5.74, 6) is -0.273. The van der Waals surface area contributed by atoms with Gasteiger partial charge in [0.1, 0.15) is 12.0 Å². The van der Waals surface area contributed by atoms with Crippen molar-refractivity contribution in [3.8, 4) is 11.5 Å². The van der Waals surface area contributed by atoms with Gasteiger partial charge >= 0.3 is 5.97 Å². The first-order valence-electron chi connectivity index (χ1n) is 4.03. The molecule has 0 fully saturated rings. The molecule has 0 aliphatic heterocycles. The van der Waals surface area contributed by atoms with Crippen LogP contribution in [0.25, 0.3) is 11.5 Å². The molecular formula is C9H6BrNO4. The predicted octanol–water partition coefficient (Wildman–Crippen LogP) is 2.70. The summed E-state index contributed by atoms with van der Waals surface area (Å²) in [6.45, 7) is 1.74. The van der Waals surface area contributed by atoms with Crippen LogP contribution < -0.4 is 0 Å². The fourth-order valence-electron chi connectivity index (χ4n) is 1.15. The van der Waals surface area contributed by atoms with Gasteiger partial charge in [-0.2, -0.15) is 0 Å². The van der Waals surface area contributed by atoms with Crippen LogP contribution in [0.3, 0.4) is 0 Å². The van der Waals surface area contributed by atoms with Crippen LogP contribution in [0.5, 0.6) is 0 Å². The van der Waals surface area contributed by atoms with Crippen LogP contribution in [-0.4, -0.2) is 16.1 Å². The Labute approximate surface area is 92.8 Å². The number of rotatable bonds is 2. The number of hydrogen-bond donors (Lipinski definition) is 1. The van der Waals surface area contributed by atoms with Crippen LogP contribution in [0.2, 0.25) is 0 Å². The number of oxazole rings is 1. The van der Waals surface area contributed by atoms with Crippen molar-refractivity contribution in [1.82, 2.24) is 4.98 Å². The Morgan fingerprint density at radius 2 is 2.33 bits per heavy atom. The van der Waals surface area contributed by atoms with Crippen LogP contribution in [-0.2, 0) is 0 Å². The van der Waals surface area contributed by atoms with E-state index in [1.165, 1.54) is 0 Å². The van der Waals surface area contributed by atoms with Crippen molar-refractivity contribution in [3.63, 3.8) is 0 Å². The van der Waals surface area contributed by atoms with E-state index in [4.69, 9.17) is 13.9 Å². The van der Waals surface area contributed by atoms with E-state index in [0.717, 1.165) is 6.26 Å². The molecule has 0 saturated heterocycles. The van der Waals surface area contributed by atoms with E-state index >= 15 is 0 Å². The smallest absolute Gasteiger partial charge is 0.357 e. The monoisotopic (exact) mass is 271 g/mol. The lowest BCUT2D eigenvalue weighted by molar-refractivity contribution is 0.0690. The lowest BCUT2D eigenvalue weighted by Gasteiger charge is -1.88. The molecule has 0 aromatic carbocycles. The highest BCUT2D eigenvalue weighted by Gasteiger charge is 2.16. The summed E-state index contributed by atoms with van der Waals surface area (Å²) >= 11 is 3.16. The summed E-state index contributed by atoms with van der Waals surface area (Å²) in [5.41, 5.74) is 0.510. The average Bonchev–Trinajstić information content (AvgIpc) is 2.71. The van der Waals surface area contributed by atoms with Gasteiger partial charge in [0.25, 0.3) is 0 Å². The number of furan rings is 1. The van der Waals surface area contributed by atoms with Gasteiger partial charge in [0.15, 0.2) is 10.4 Å². The first-order chi connectivity index (χ1) is 7.08. The van der Waals surface area contributed by atoms with E-state index in [1.807, 2.05) is 0 Å². The van der Waals surface area contributed by atoms with E-state index in [0.29, 0.717) is 16.0 Å². The van der Waals surface area contributed by atoms with Gasteiger partial charge in [-0.25, -0.2) is 9.78 Å². The maximum Gasteiger partial charge on any atom is 0.357 e. The highest BCUT2D eigenvalue weighted by atomic mass is 79.9. The molecule has 0 aliphatic rings. The number of aryl methyl sites for hydroxylation is 1. The minimum atomic E-state index is -1.12. The molecule has 0 saturated carbocycles. The van der Waals surface area contributed by atoms with Crippen LogP contribution in [0, 0.1) is 6.92 Å². The minimum absolute atomic E-state index is 0.123. The van der Waals surface area contributed by atoms with Gasteiger partial charge in [-0.15, -0.1) is 0 Å².